The number of nitrogens with one attached hydrogen (secondary N) is 2. The monoisotopic (exact) mass is 264 g/mol. The molecule has 0 saturated carbocycles. The summed E-state index contributed by atoms with van der Waals surface area (Å²) in [6.07, 6.45) is 2.35. The van der Waals surface area contributed by atoms with Gasteiger partial charge in [-0.1, -0.05) is 0 Å². The topological polar surface area (TPSA) is 74.3 Å². The molecule has 0 unspecified atom stereocenters. The third-order valence-corrected chi connectivity index (χ3v) is 2.47. The molecule has 1 aromatic heterocycles. The lowest BCUT2D eigenvalue weighted by molar-refractivity contribution is -0.118. The lowest BCUT2D eigenvalue weighted by atomic mass is 10.2. The van der Waals surface area contributed by atoms with Crippen LogP contribution in [0.1, 0.15) is 23.7 Å². The minimum absolute atomic E-state index is 0.0616. The first-order chi connectivity index (χ1) is 9.02. The molecule has 0 aliphatic rings. The van der Waals surface area contributed by atoms with Crippen LogP contribution in [-0.4, -0.2) is 44.0 Å². The first kappa shape index (κ1) is 14.9. The normalized spacial score (nSPS) is 9.84. The zero-order chi connectivity index (χ0) is 14.3. The third-order valence-electron chi connectivity index (χ3n) is 2.47. The van der Waals surface area contributed by atoms with Gasteiger partial charge in [0.05, 0.1) is 5.56 Å². The highest BCUT2D eigenvalue weighted by atomic mass is 16.2. The summed E-state index contributed by atoms with van der Waals surface area (Å²) in [6, 6.07) is 3.48. The molecule has 1 rings (SSSR count). The van der Waals surface area contributed by atoms with Crippen molar-refractivity contribution >= 4 is 17.6 Å². The van der Waals surface area contributed by atoms with E-state index >= 15 is 0 Å². The van der Waals surface area contributed by atoms with E-state index < -0.39 is 0 Å². The van der Waals surface area contributed by atoms with Crippen molar-refractivity contribution in [1.82, 2.24) is 15.6 Å². The van der Waals surface area contributed by atoms with E-state index in [9.17, 15) is 9.59 Å². The summed E-state index contributed by atoms with van der Waals surface area (Å²) in [5.41, 5.74) is 0.548. The molecule has 2 N–H and O–H groups in total. The van der Waals surface area contributed by atoms with Gasteiger partial charge in [0.25, 0.3) is 5.91 Å². The Labute approximate surface area is 113 Å². The zero-order valence-electron chi connectivity index (χ0n) is 11.6. The van der Waals surface area contributed by atoms with Crippen molar-refractivity contribution in [2.45, 2.75) is 13.3 Å². The number of amides is 2. The zero-order valence-corrected chi connectivity index (χ0v) is 11.6. The minimum atomic E-state index is -0.153. The van der Waals surface area contributed by atoms with E-state index in [1.165, 1.54) is 6.92 Å². The Morgan fingerprint density at radius 3 is 2.58 bits per heavy atom. The summed E-state index contributed by atoms with van der Waals surface area (Å²) in [5, 5.41) is 5.49. The molecule has 19 heavy (non-hydrogen) atoms. The molecule has 0 aromatic carbocycles. The van der Waals surface area contributed by atoms with Crippen LogP contribution in [0.15, 0.2) is 18.3 Å². The minimum Gasteiger partial charge on any atom is -0.362 e. The van der Waals surface area contributed by atoms with Gasteiger partial charge in [0.15, 0.2) is 0 Å². The van der Waals surface area contributed by atoms with Crippen LogP contribution in [0.3, 0.4) is 0 Å². The summed E-state index contributed by atoms with van der Waals surface area (Å²) in [4.78, 5) is 28.6. The number of hydrogen-bond donors (Lipinski definition) is 2. The predicted molar refractivity (Wildman–Crippen MR) is 74.2 cm³/mol. The van der Waals surface area contributed by atoms with Gasteiger partial charge in [-0.3, -0.25) is 9.59 Å². The van der Waals surface area contributed by atoms with Gasteiger partial charge in [0.1, 0.15) is 5.82 Å². The van der Waals surface area contributed by atoms with Gasteiger partial charge in [0, 0.05) is 40.3 Å². The van der Waals surface area contributed by atoms with Crippen LogP contribution in [0.25, 0.3) is 0 Å². The van der Waals surface area contributed by atoms with E-state index in [0.717, 1.165) is 0 Å². The molecule has 2 amide bonds. The fourth-order valence-electron chi connectivity index (χ4n) is 1.58. The number of nitrogens with zero attached hydrogens (tertiary/aromatic N) is 2. The number of carbonyl (C=O) groups excluding carboxylic acids is 2. The lowest BCUT2D eigenvalue weighted by Crippen LogP contribution is -2.30. The van der Waals surface area contributed by atoms with Crippen molar-refractivity contribution in [2.75, 3.05) is 32.1 Å². The van der Waals surface area contributed by atoms with Crippen LogP contribution in [-0.2, 0) is 4.79 Å². The SMILES string of the molecule is CC(=O)NCCCNC(=O)c1cccnc1N(C)C. The van der Waals surface area contributed by atoms with Crippen molar-refractivity contribution in [3.8, 4) is 0 Å². The highest BCUT2D eigenvalue weighted by Gasteiger charge is 2.12. The highest BCUT2D eigenvalue weighted by Crippen LogP contribution is 2.13. The average Bonchev–Trinajstić information content (AvgIpc) is 2.37. The van der Waals surface area contributed by atoms with Gasteiger partial charge >= 0.3 is 0 Å². The molecule has 1 heterocycles. The number of carbonyl (C=O) groups is 2. The van der Waals surface area contributed by atoms with Crippen LogP contribution in [0.5, 0.6) is 0 Å². The summed E-state index contributed by atoms with van der Waals surface area (Å²) in [6.45, 7) is 2.54. The molecule has 6 nitrogen and oxygen atoms in total. The van der Waals surface area contributed by atoms with Crippen LogP contribution in [0.2, 0.25) is 0 Å². The van der Waals surface area contributed by atoms with Crippen LogP contribution in [0, 0.1) is 0 Å². The maximum atomic E-state index is 12.0. The highest BCUT2D eigenvalue weighted by molar-refractivity contribution is 5.98. The van der Waals surface area contributed by atoms with Crippen molar-refractivity contribution in [3.63, 3.8) is 0 Å². The third kappa shape index (κ3) is 4.95. The Hall–Kier alpha value is -2.11. The Kier molecular flexibility index (Phi) is 5.78. The summed E-state index contributed by atoms with van der Waals surface area (Å²) in [5.74, 6) is 0.426. The molecule has 0 spiro atoms. The number of pyridine rings is 1. The van der Waals surface area contributed by atoms with E-state index in [1.54, 1.807) is 23.2 Å². The maximum Gasteiger partial charge on any atom is 0.255 e. The molecule has 0 bridgehead atoms. The molecule has 0 atom stereocenters. The Balaban J connectivity index is 2.48. The van der Waals surface area contributed by atoms with Gasteiger partial charge in [-0.15, -0.1) is 0 Å². The molecule has 104 valence electrons. The second kappa shape index (κ2) is 7.35. The van der Waals surface area contributed by atoms with Crippen LogP contribution in [0.4, 0.5) is 5.82 Å². The molecular weight excluding hydrogens is 244 g/mol. The Morgan fingerprint density at radius 2 is 1.95 bits per heavy atom. The van der Waals surface area contributed by atoms with E-state index in [2.05, 4.69) is 15.6 Å². The van der Waals surface area contributed by atoms with Crippen molar-refractivity contribution in [1.29, 1.82) is 0 Å². The predicted octanol–water partition coefficient (Wildman–Crippen LogP) is 0.404. The molecule has 6 heteroatoms. The largest absolute Gasteiger partial charge is 0.362 e. The van der Waals surface area contributed by atoms with E-state index in [0.29, 0.717) is 30.9 Å². The second-order valence-electron chi connectivity index (χ2n) is 4.36. The van der Waals surface area contributed by atoms with Crippen molar-refractivity contribution < 1.29 is 9.59 Å². The average molecular weight is 264 g/mol. The molecule has 0 fully saturated rings. The van der Waals surface area contributed by atoms with E-state index in [4.69, 9.17) is 0 Å². The lowest BCUT2D eigenvalue weighted by Gasteiger charge is -2.15. The fraction of sp³-hybridized carbons (Fsp3) is 0.462. The van der Waals surface area contributed by atoms with Crippen molar-refractivity contribution in [3.05, 3.63) is 23.9 Å². The van der Waals surface area contributed by atoms with Gasteiger partial charge in [-0.25, -0.2) is 4.98 Å². The maximum absolute atomic E-state index is 12.0. The van der Waals surface area contributed by atoms with Crippen LogP contribution < -0.4 is 15.5 Å². The smallest absolute Gasteiger partial charge is 0.255 e. The number of hydrogen-bond acceptors (Lipinski definition) is 4. The number of rotatable bonds is 6. The number of anilines is 1. The fourth-order valence-corrected chi connectivity index (χ4v) is 1.58. The molecular formula is C13H20N4O2. The first-order valence-electron chi connectivity index (χ1n) is 6.17. The van der Waals surface area contributed by atoms with E-state index in [1.807, 2.05) is 14.1 Å². The van der Waals surface area contributed by atoms with E-state index in [-0.39, 0.29) is 11.8 Å². The molecule has 0 radical (unpaired) electrons. The summed E-state index contributed by atoms with van der Waals surface area (Å²) < 4.78 is 0. The second-order valence-corrected chi connectivity index (χ2v) is 4.36. The van der Waals surface area contributed by atoms with Crippen LogP contribution >= 0.6 is 0 Å². The quantitative estimate of drug-likeness (QED) is 0.730. The molecule has 0 aliphatic heterocycles. The summed E-state index contributed by atoms with van der Waals surface area (Å²) >= 11 is 0. The molecule has 0 saturated heterocycles. The molecule has 0 aliphatic carbocycles. The Morgan fingerprint density at radius 1 is 1.26 bits per heavy atom. The Bertz CT molecular complexity index is 446. The summed E-state index contributed by atoms with van der Waals surface area (Å²) in [7, 11) is 3.69. The standard InChI is InChI=1S/C13H20N4O2/c1-10(18)14-8-5-9-16-13(19)11-6-4-7-15-12(11)17(2)3/h4,6-7H,5,8-9H2,1-3H3,(H,14,18)(H,16,19). The van der Waals surface area contributed by atoms with Gasteiger partial charge in [0.2, 0.25) is 5.91 Å². The first-order valence-corrected chi connectivity index (χ1v) is 6.17. The number of aromatic nitrogens is 1. The van der Waals surface area contributed by atoms with Crippen molar-refractivity contribution in [2.24, 2.45) is 0 Å². The molecule has 1 aromatic rings. The van der Waals surface area contributed by atoms with Gasteiger partial charge in [-0.05, 0) is 18.6 Å². The van der Waals surface area contributed by atoms with Gasteiger partial charge < -0.3 is 15.5 Å². The van der Waals surface area contributed by atoms with Gasteiger partial charge in [-0.2, -0.15) is 0 Å².